The summed E-state index contributed by atoms with van der Waals surface area (Å²) in [7, 11) is 0.365. The molecule has 0 saturated heterocycles. The van der Waals surface area contributed by atoms with Gasteiger partial charge in [-0.05, 0) is 18.5 Å². The third kappa shape index (κ3) is 4.60. The van der Waals surface area contributed by atoms with Gasteiger partial charge in [-0.3, -0.25) is 14.3 Å². The Balaban J connectivity index is 2.88. The molecule has 2 atom stereocenters. The second-order valence-electron chi connectivity index (χ2n) is 4.34. The van der Waals surface area contributed by atoms with Crippen LogP contribution in [0, 0.1) is 16.0 Å². The molecule has 1 aromatic rings. The summed E-state index contributed by atoms with van der Waals surface area (Å²) >= 11 is 0. The number of non-ortho nitro benzene ring substituents is 1. The molecule has 1 aromatic carbocycles. The number of nitro benzene ring substituents is 1. The second-order valence-corrected chi connectivity index (χ2v) is 5.85. The summed E-state index contributed by atoms with van der Waals surface area (Å²) in [6.45, 7) is 2.39. The zero-order valence-corrected chi connectivity index (χ0v) is 11.8. The van der Waals surface area contributed by atoms with E-state index in [9.17, 15) is 14.3 Å². The van der Waals surface area contributed by atoms with Crippen LogP contribution in [0.3, 0.4) is 0 Å². The maximum atomic E-state index is 12.0. The largest absolute Gasteiger partial charge is 0.496 e. The first-order valence-corrected chi connectivity index (χ1v) is 7.33. The summed E-state index contributed by atoms with van der Waals surface area (Å²) in [5, 5.41) is 10.7. The SMILES string of the molecule is COc1ccc([N+](=O)[O-])cc1CS(=O)CC(C)CN. The maximum Gasteiger partial charge on any atom is 0.270 e. The van der Waals surface area contributed by atoms with Gasteiger partial charge in [-0.15, -0.1) is 0 Å². The number of hydrogen-bond acceptors (Lipinski definition) is 5. The first-order valence-electron chi connectivity index (χ1n) is 5.84. The van der Waals surface area contributed by atoms with E-state index in [2.05, 4.69) is 0 Å². The standard InChI is InChI=1S/C12H18N2O4S/c1-9(6-13)7-19(17)8-10-5-11(14(15)16)3-4-12(10)18-2/h3-5,9H,6-8,13H2,1-2H3. The summed E-state index contributed by atoms with van der Waals surface area (Å²) < 4.78 is 17.1. The van der Waals surface area contributed by atoms with Crippen molar-refractivity contribution >= 4 is 16.5 Å². The van der Waals surface area contributed by atoms with Crippen LogP contribution in [0.4, 0.5) is 5.69 Å². The predicted molar refractivity (Wildman–Crippen MR) is 74.6 cm³/mol. The van der Waals surface area contributed by atoms with Gasteiger partial charge in [0, 0.05) is 34.2 Å². The Kier molecular flexibility index (Phi) is 5.91. The topological polar surface area (TPSA) is 95.5 Å². The van der Waals surface area contributed by atoms with Crippen LogP contribution in [0.5, 0.6) is 5.75 Å². The van der Waals surface area contributed by atoms with Crippen molar-refractivity contribution in [3.8, 4) is 5.75 Å². The van der Waals surface area contributed by atoms with Crippen LogP contribution in [0.1, 0.15) is 12.5 Å². The van der Waals surface area contributed by atoms with Gasteiger partial charge >= 0.3 is 0 Å². The molecule has 0 aliphatic carbocycles. The van der Waals surface area contributed by atoms with Crippen molar-refractivity contribution in [1.82, 2.24) is 0 Å². The van der Waals surface area contributed by atoms with Gasteiger partial charge < -0.3 is 10.5 Å². The summed E-state index contributed by atoms with van der Waals surface area (Å²) in [6, 6.07) is 4.30. The van der Waals surface area contributed by atoms with Crippen LogP contribution in [0.2, 0.25) is 0 Å². The lowest BCUT2D eigenvalue weighted by molar-refractivity contribution is -0.384. The highest BCUT2D eigenvalue weighted by atomic mass is 32.2. The van der Waals surface area contributed by atoms with Gasteiger partial charge in [0.2, 0.25) is 0 Å². The number of nitrogens with zero attached hydrogens (tertiary/aromatic N) is 1. The predicted octanol–water partition coefficient (Wildman–Crippen LogP) is 1.45. The lowest BCUT2D eigenvalue weighted by Gasteiger charge is -2.10. The normalized spacial score (nSPS) is 13.8. The molecule has 19 heavy (non-hydrogen) atoms. The van der Waals surface area contributed by atoms with E-state index in [-0.39, 0.29) is 17.4 Å². The minimum absolute atomic E-state index is 0.0281. The molecule has 0 heterocycles. The number of benzene rings is 1. The van der Waals surface area contributed by atoms with Crippen LogP contribution >= 0.6 is 0 Å². The molecule has 0 spiro atoms. The molecule has 0 amide bonds. The molecule has 2 unspecified atom stereocenters. The molecule has 2 N–H and O–H groups in total. The minimum atomic E-state index is -1.12. The van der Waals surface area contributed by atoms with Gasteiger partial charge in [0.1, 0.15) is 5.75 Å². The van der Waals surface area contributed by atoms with E-state index in [4.69, 9.17) is 10.5 Å². The van der Waals surface area contributed by atoms with Gasteiger partial charge in [-0.2, -0.15) is 0 Å². The Morgan fingerprint density at radius 1 is 1.53 bits per heavy atom. The smallest absolute Gasteiger partial charge is 0.270 e. The third-order valence-corrected chi connectivity index (χ3v) is 4.24. The Bertz CT molecular complexity index is 479. The molecule has 0 radical (unpaired) electrons. The molecule has 106 valence electrons. The first kappa shape index (κ1) is 15.6. The second kappa shape index (κ2) is 7.20. The van der Waals surface area contributed by atoms with Crippen molar-refractivity contribution < 1.29 is 13.9 Å². The van der Waals surface area contributed by atoms with E-state index in [0.29, 0.717) is 23.6 Å². The van der Waals surface area contributed by atoms with Crippen molar-refractivity contribution in [3.63, 3.8) is 0 Å². The molecular weight excluding hydrogens is 268 g/mol. The minimum Gasteiger partial charge on any atom is -0.496 e. The van der Waals surface area contributed by atoms with Crippen molar-refractivity contribution in [2.75, 3.05) is 19.4 Å². The fraction of sp³-hybridized carbons (Fsp3) is 0.500. The number of rotatable bonds is 7. The zero-order valence-electron chi connectivity index (χ0n) is 11.0. The molecule has 0 aromatic heterocycles. The summed E-state index contributed by atoms with van der Waals surface area (Å²) in [5.74, 6) is 1.38. The molecule has 0 bridgehead atoms. The molecule has 6 nitrogen and oxygen atoms in total. The monoisotopic (exact) mass is 286 g/mol. The van der Waals surface area contributed by atoms with Gasteiger partial charge in [0.15, 0.2) is 0 Å². The number of ether oxygens (including phenoxy) is 1. The van der Waals surface area contributed by atoms with Crippen LogP contribution in [0.15, 0.2) is 18.2 Å². The van der Waals surface area contributed by atoms with Gasteiger partial charge in [0.05, 0.1) is 17.8 Å². The number of nitro groups is 1. The number of methoxy groups -OCH3 is 1. The third-order valence-electron chi connectivity index (χ3n) is 2.66. The molecule has 0 aliphatic heterocycles. The van der Waals surface area contributed by atoms with Crippen LogP contribution in [0.25, 0.3) is 0 Å². The van der Waals surface area contributed by atoms with Crippen LogP contribution in [-0.4, -0.2) is 28.5 Å². The first-order chi connectivity index (χ1) is 8.97. The molecule has 1 rings (SSSR count). The lowest BCUT2D eigenvalue weighted by Crippen LogP contribution is -2.18. The molecule has 0 aliphatic rings. The van der Waals surface area contributed by atoms with Gasteiger partial charge in [-0.1, -0.05) is 6.92 Å². The van der Waals surface area contributed by atoms with Crippen LogP contribution < -0.4 is 10.5 Å². The quantitative estimate of drug-likeness (QED) is 0.604. The molecule has 0 saturated carbocycles. The average Bonchev–Trinajstić information content (AvgIpc) is 2.38. The average molecular weight is 286 g/mol. The summed E-state index contributed by atoms with van der Waals surface area (Å²) in [5.41, 5.74) is 6.04. The van der Waals surface area contributed by atoms with E-state index in [1.54, 1.807) is 0 Å². The Morgan fingerprint density at radius 2 is 2.21 bits per heavy atom. The summed E-state index contributed by atoms with van der Waals surface area (Å²) in [4.78, 5) is 10.3. The van der Waals surface area contributed by atoms with Crippen molar-refractivity contribution in [2.24, 2.45) is 11.7 Å². The number of nitrogens with two attached hydrogens (primary N) is 1. The molecule has 0 fully saturated rings. The van der Waals surface area contributed by atoms with Crippen LogP contribution in [-0.2, 0) is 16.6 Å². The fourth-order valence-corrected chi connectivity index (χ4v) is 3.07. The lowest BCUT2D eigenvalue weighted by atomic mass is 10.2. The Morgan fingerprint density at radius 3 is 2.74 bits per heavy atom. The van der Waals surface area contributed by atoms with Crippen molar-refractivity contribution in [1.29, 1.82) is 0 Å². The highest BCUT2D eigenvalue weighted by Gasteiger charge is 2.14. The maximum absolute atomic E-state index is 12.0. The van der Waals surface area contributed by atoms with E-state index < -0.39 is 15.7 Å². The van der Waals surface area contributed by atoms with Crippen molar-refractivity contribution in [2.45, 2.75) is 12.7 Å². The summed E-state index contributed by atoms with van der Waals surface area (Å²) in [6.07, 6.45) is 0. The van der Waals surface area contributed by atoms with Gasteiger partial charge in [0.25, 0.3) is 5.69 Å². The van der Waals surface area contributed by atoms with E-state index in [0.717, 1.165) is 0 Å². The molecular formula is C12H18N2O4S. The Hall–Kier alpha value is -1.47. The van der Waals surface area contributed by atoms with E-state index >= 15 is 0 Å². The van der Waals surface area contributed by atoms with Crippen molar-refractivity contribution in [3.05, 3.63) is 33.9 Å². The highest BCUT2D eigenvalue weighted by molar-refractivity contribution is 7.84. The van der Waals surface area contributed by atoms with E-state index in [1.165, 1.54) is 25.3 Å². The molecule has 7 heteroatoms. The highest BCUT2D eigenvalue weighted by Crippen LogP contribution is 2.25. The zero-order chi connectivity index (χ0) is 14.4. The number of hydrogen-bond donors (Lipinski definition) is 1. The van der Waals surface area contributed by atoms with E-state index in [1.807, 2.05) is 6.92 Å². The van der Waals surface area contributed by atoms with Gasteiger partial charge in [-0.25, -0.2) is 0 Å². The Labute approximate surface area is 114 Å². The fourth-order valence-electron chi connectivity index (χ4n) is 1.61.